The number of thioether (sulfide) groups is 1. The Morgan fingerprint density at radius 3 is 2.38 bits per heavy atom. The Morgan fingerprint density at radius 1 is 1.10 bits per heavy atom. The molecule has 3 N–H and O–H groups in total. The number of halogens is 1. The van der Waals surface area contributed by atoms with Crippen molar-refractivity contribution in [2.24, 2.45) is 0 Å². The predicted molar refractivity (Wildman–Crippen MR) is 118 cm³/mol. The van der Waals surface area contributed by atoms with Gasteiger partial charge in [0.25, 0.3) is 0 Å². The van der Waals surface area contributed by atoms with E-state index in [1.165, 1.54) is 22.0 Å². The van der Waals surface area contributed by atoms with Crippen LogP contribution in [-0.2, 0) is 16.8 Å². The van der Waals surface area contributed by atoms with Crippen molar-refractivity contribution in [1.82, 2.24) is 20.2 Å². The third kappa shape index (κ3) is 5.52. The summed E-state index contributed by atoms with van der Waals surface area (Å²) in [6.45, 7) is 6.94. The molecule has 0 saturated heterocycles. The minimum atomic E-state index is -0.107. The first-order chi connectivity index (χ1) is 13.7. The quantitative estimate of drug-likeness (QED) is 0.456. The van der Waals surface area contributed by atoms with Gasteiger partial charge in [-0.3, -0.25) is 4.79 Å². The molecule has 1 amide bonds. The molecule has 0 radical (unpaired) electrons. The van der Waals surface area contributed by atoms with E-state index in [0.717, 1.165) is 11.1 Å². The molecule has 0 atom stereocenters. The van der Waals surface area contributed by atoms with Gasteiger partial charge in [-0.1, -0.05) is 80.5 Å². The number of nitrogens with two attached hydrogens (primary N) is 1. The summed E-state index contributed by atoms with van der Waals surface area (Å²) in [5, 5.41) is 12.3. The van der Waals surface area contributed by atoms with E-state index in [1.807, 2.05) is 24.3 Å². The second-order valence-corrected chi connectivity index (χ2v) is 9.07. The van der Waals surface area contributed by atoms with Gasteiger partial charge in [0, 0.05) is 17.1 Å². The molecule has 2 aromatic carbocycles. The summed E-state index contributed by atoms with van der Waals surface area (Å²) in [6.07, 6.45) is 0. The summed E-state index contributed by atoms with van der Waals surface area (Å²) in [5.41, 5.74) is 3.18. The molecule has 0 aliphatic heterocycles. The van der Waals surface area contributed by atoms with Gasteiger partial charge in [0.1, 0.15) is 0 Å². The van der Waals surface area contributed by atoms with Crippen molar-refractivity contribution in [2.45, 2.75) is 37.9 Å². The first kappa shape index (κ1) is 21.2. The molecule has 0 bridgehead atoms. The number of amides is 1. The minimum absolute atomic E-state index is 0.0787. The third-order valence-corrected chi connectivity index (χ3v) is 5.60. The lowest BCUT2D eigenvalue weighted by atomic mass is 9.87. The maximum Gasteiger partial charge on any atom is 0.230 e. The highest BCUT2D eigenvalue weighted by atomic mass is 35.5. The molecule has 1 heterocycles. The van der Waals surface area contributed by atoms with E-state index < -0.39 is 0 Å². The van der Waals surface area contributed by atoms with Crippen LogP contribution in [0.1, 0.15) is 31.9 Å². The first-order valence-corrected chi connectivity index (χ1v) is 10.6. The summed E-state index contributed by atoms with van der Waals surface area (Å²) in [7, 11) is 0. The zero-order valence-corrected chi connectivity index (χ0v) is 18.2. The topological polar surface area (TPSA) is 85.8 Å². The number of nitrogens with one attached hydrogen (secondary N) is 1. The van der Waals surface area contributed by atoms with Crippen molar-refractivity contribution >= 4 is 29.3 Å². The molecule has 8 heteroatoms. The molecule has 29 heavy (non-hydrogen) atoms. The fraction of sp³-hybridized carbons (Fsp3) is 0.286. The molecule has 152 valence electrons. The Bertz CT molecular complexity index is 978. The van der Waals surface area contributed by atoms with Crippen LogP contribution in [0, 0.1) is 0 Å². The predicted octanol–water partition coefficient (Wildman–Crippen LogP) is 4.02. The van der Waals surface area contributed by atoms with Gasteiger partial charge in [0.05, 0.1) is 5.75 Å². The van der Waals surface area contributed by atoms with E-state index in [9.17, 15) is 4.79 Å². The number of hydrogen-bond donors (Lipinski definition) is 2. The Kier molecular flexibility index (Phi) is 6.49. The molecule has 0 aliphatic carbocycles. The van der Waals surface area contributed by atoms with Gasteiger partial charge in [-0.2, -0.15) is 0 Å². The van der Waals surface area contributed by atoms with Crippen LogP contribution >= 0.6 is 23.4 Å². The number of carbonyl (C=O) groups is 1. The molecule has 6 nitrogen and oxygen atoms in total. The monoisotopic (exact) mass is 429 g/mol. The van der Waals surface area contributed by atoms with Crippen LogP contribution in [0.4, 0.5) is 0 Å². The van der Waals surface area contributed by atoms with E-state index >= 15 is 0 Å². The van der Waals surface area contributed by atoms with Crippen LogP contribution in [0.2, 0.25) is 5.02 Å². The number of aromatic nitrogens is 3. The number of nitrogen functional groups attached to an aromatic ring is 1. The van der Waals surface area contributed by atoms with Crippen LogP contribution in [0.5, 0.6) is 0 Å². The molecule has 0 aliphatic rings. The van der Waals surface area contributed by atoms with Gasteiger partial charge in [0.2, 0.25) is 11.1 Å². The van der Waals surface area contributed by atoms with Gasteiger partial charge < -0.3 is 11.2 Å². The molecule has 3 rings (SSSR count). The largest absolute Gasteiger partial charge is 0.351 e. The molecular formula is C21H24ClN5OS. The normalized spacial score (nSPS) is 11.4. The summed E-state index contributed by atoms with van der Waals surface area (Å²) in [4.78, 5) is 12.1. The maximum atomic E-state index is 12.1. The number of benzene rings is 2. The highest BCUT2D eigenvalue weighted by molar-refractivity contribution is 7.99. The average molecular weight is 430 g/mol. The number of nitrogens with zero attached hydrogens (tertiary/aromatic N) is 3. The maximum absolute atomic E-state index is 12.1. The van der Waals surface area contributed by atoms with Gasteiger partial charge in [-0.25, -0.2) is 4.68 Å². The van der Waals surface area contributed by atoms with Crippen molar-refractivity contribution in [1.29, 1.82) is 0 Å². The van der Waals surface area contributed by atoms with Crippen LogP contribution in [0.25, 0.3) is 11.4 Å². The van der Waals surface area contributed by atoms with E-state index in [1.54, 1.807) is 12.1 Å². The summed E-state index contributed by atoms with van der Waals surface area (Å²) < 4.78 is 1.42. The van der Waals surface area contributed by atoms with Crippen LogP contribution in [-0.4, -0.2) is 26.5 Å². The molecule has 0 saturated carbocycles. The second-order valence-electron chi connectivity index (χ2n) is 7.70. The third-order valence-electron chi connectivity index (χ3n) is 4.41. The van der Waals surface area contributed by atoms with Crippen molar-refractivity contribution in [3.05, 3.63) is 64.7 Å². The lowest BCUT2D eigenvalue weighted by Crippen LogP contribution is -2.25. The van der Waals surface area contributed by atoms with E-state index in [0.29, 0.717) is 22.5 Å². The zero-order chi connectivity index (χ0) is 21.0. The Hall–Kier alpha value is -2.51. The Labute approximate surface area is 179 Å². The van der Waals surface area contributed by atoms with Crippen LogP contribution < -0.4 is 11.2 Å². The number of carbonyl (C=O) groups excluding carboxylic acids is 1. The lowest BCUT2D eigenvalue weighted by Gasteiger charge is -2.19. The second kappa shape index (κ2) is 8.88. The van der Waals surface area contributed by atoms with Crippen molar-refractivity contribution in [3.63, 3.8) is 0 Å². The Morgan fingerprint density at radius 2 is 1.76 bits per heavy atom. The SMILES string of the molecule is CC(C)(C)c1ccc(-c2nnc(SCC(=O)NCc3ccc(Cl)cc3)n2N)cc1. The average Bonchev–Trinajstić information content (AvgIpc) is 3.06. The van der Waals surface area contributed by atoms with Crippen LogP contribution in [0.15, 0.2) is 53.7 Å². The fourth-order valence-electron chi connectivity index (χ4n) is 2.68. The highest BCUT2D eigenvalue weighted by Gasteiger charge is 2.16. The van der Waals surface area contributed by atoms with E-state index in [4.69, 9.17) is 17.4 Å². The number of rotatable bonds is 6. The summed E-state index contributed by atoms with van der Waals surface area (Å²) in [6, 6.07) is 15.5. The molecule has 0 fully saturated rings. The fourth-order valence-corrected chi connectivity index (χ4v) is 3.49. The molecule has 1 aromatic heterocycles. The van der Waals surface area contributed by atoms with Gasteiger partial charge in [-0.05, 0) is 28.7 Å². The van der Waals surface area contributed by atoms with Crippen LogP contribution in [0.3, 0.4) is 0 Å². The smallest absolute Gasteiger partial charge is 0.230 e. The standard InChI is InChI=1S/C21H24ClN5OS/c1-21(2,3)16-8-6-15(7-9-16)19-25-26-20(27(19)23)29-13-18(28)24-12-14-4-10-17(22)11-5-14/h4-11H,12-13,23H2,1-3H3,(H,24,28). The number of hydrogen-bond acceptors (Lipinski definition) is 5. The Balaban J connectivity index is 1.58. The van der Waals surface area contributed by atoms with Crippen molar-refractivity contribution < 1.29 is 4.79 Å². The van der Waals surface area contributed by atoms with Gasteiger partial charge >= 0.3 is 0 Å². The van der Waals surface area contributed by atoms with Gasteiger partial charge in [0.15, 0.2) is 5.82 Å². The lowest BCUT2D eigenvalue weighted by molar-refractivity contribution is -0.118. The van der Waals surface area contributed by atoms with E-state index in [2.05, 4.69) is 48.4 Å². The summed E-state index contributed by atoms with van der Waals surface area (Å²) >= 11 is 7.11. The molecule has 0 unspecified atom stereocenters. The molecular weight excluding hydrogens is 406 g/mol. The van der Waals surface area contributed by atoms with E-state index in [-0.39, 0.29) is 17.1 Å². The minimum Gasteiger partial charge on any atom is -0.351 e. The van der Waals surface area contributed by atoms with Crippen molar-refractivity contribution in [3.8, 4) is 11.4 Å². The zero-order valence-electron chi connectivity index (χ0n) is 16.6. The molecule has 0 spiro atoms. The highest BCUT2D eigenvalue weighted by Crippen LogP contribution is 2.26. The first-order valence-electron chi connectivity index (χ1n) is 9.19. The van der Waals surface area contributed by atoms with Gasteiger partial charge in [-0.15, -0.1) is 10.2 Å². The molecule has 3 aromatic rings. The van der Waals surface area contributed by atoms with Crippen molar-refractivity contribution in [2.75, 3.05) is 11.6 Å². The summed E-state index contributed by atoms with van der Waals surface area (Å²) in [5.74, 6) is 6.81.